The fourth-order valence-corrected chi connectivity index (χ4v) is 6.74. The average molecular weight is 668 g/mol. The molecule has 7 nitrogen and oxygen atoms in total. The average Bonchev–Trinajstić information content (AvgIpc) is 3.07. The molecule has 1 unspecified atom stereocenters. The Morgan fingerprint density at radius 1 is 0.667 bits per heavy atom. The van der Waals surface area contributed by atoms with E-state index < -0.39 is 23.8 Å². The van der Waals surface area contributed by atoms with E-state index in [1.807, 2.05) is 18.2 Å². The lowest BCUT2D eigenvalue weighted by molar-refractivity contribution is -0.158. The van der Waals surface area contributed by atoms with Gasteiger partial charge in [0.2, 0.25) is 17.7 Å². The van der Waals surface area contributed by atoms with Gasteiger partial charge in [-0.05, 0) is 37.9 Å². The summed E-state index contributed by atoms with van der Waals surface area (Å²) in [6.45, 7) is 6.52. The van der Waals surface area contributed by atoms with Crippen LogP contribution < -0.4 is 5.32 Å². The van der Waals surface area contributed by atoms with Crippen molar-refractivity contribution in [3.8, 4) is 0 Å². The van der Waals surface area contributed by atoms with Gasteiger partial charge in [-0.25, -0.2) is 4.90 Å². The van der Waals surface area contributed by atoms with Crippen LogP contribution in [0.1, 0.15) is 174 Å². The first-order valence-electron chi connectivity index (χ1n) is 19.9. The number of nitrogens with zero attached hydrogens (tertiary/aromatic N) is 2. The summed E-state index contributed by atoms with van der Waals surface area (Å²) in [5.74, 6) is -1.84. The Kier molecular flexibility index (Phi) is 23.7. The number of unbranched alkanes of at least 4 members (excludes halogenated alkanes) is 20. The molecule has 1 fully saturated rings. The molecule has 1 aliphatic heterocycles. The number of carbonyl (C=O) groups is 4. The molecule has 7 heteroatoms. The van der Waals surface area contributed by atoms with E-state index in [2.05, 4.69) is 24.1 Å². The summed E-state index contributed by atoms with van der Waals surface area (Å²) in [4.78, 5) is 54.9. The van der Waals surface area contributed by atoms with E-state index in [4.69, 9.17) is 0 Å². The van der Waals surface area contributed by atoms with E-state index in [0.29, 0.717) is 0 Å². The number of hydrogen-bond donors (Lipinski definition) is 1. The second-order valence-electron chi connectivity index (χ2n) is 14.1. The summed E-state index contributed by atoms with van der Waals surface area (Å²) in [7, 11) is 0. The summed E-state index contributed by atoms with van der Waals surface area (Å²) < 4.78 is 0. The molecule has 1 aromatic rings. The second kappa shape index (κ2) is 27.3. The fraction of sp³-hybridized carbons (Fsp3) is 0.756. The summed E-state index contributed by atoms with van der Waals surface area (Å²) in [6, 6.07) is 8.26. The van der Waals surface area contributed by atoms with Gasteiger partial charge in [-0.2, -0.15) is 0 Å². The number of nitrogens with one attached hydrogen (secondary N) is 1. The Hall–Kier alpha value is -2.54. The highest BCUT2D eigenvalue weighted by atomic mass is 16.2. The van der Waals surface area contributed by atoms with Crippen molar-refractivity contribution in [3.63, 3.8) is 0 Å². The van der Waals surface area contributed by atoms with Crippen LogP contribution in [0, 0.1) is 0 Å². The molecule has 1 N–H and O–H groups in total. The smallest absolute Gasteiger partial charge is 0.258 e. The molecule has 48 heavy (non-hydrogen) atoms. The van der Waals surface area contributed by atoms with Crippen LogP contribution in [0.15, 0.2) is 30.3 Å². The van der Waals surface area contributed by atoms with Crippen LogP contribution >= 0.6 is 0 Å². The van der Waals surface area contributed by atoms with Crippen molar-refractivity contribution in [1.82, 2.24) is 15.1 Å². The highest BCUT2D eigenvalue weighted by Crippen LogP contribution is 2.17. The van der Waals surface area contributed by atoms with Gasteiger partial charge >= 0.3 is 0 Å². The maximum Gasteiger partial charge on any atom is 0.258 e. The van der Waals surface area contributed by atoms with Gasteiger partial charge in [-0.1, -0.05) is 173 Å². The lowest BCUT2D eigenvalue weighted by Crippen LogP contribution is -2.57. The predicted octanol–water partition coefficient (Wildman–Crippen LogP) is 9.31. The van der Waals surface area contributed by atoms with Crippen LogP contribution in [0.4, 0.5) is 0 Å². The van der Waals surface area contributed by atoms with Crippen molar-refractivity contribution in [2.45, 2.75) is 180 Å². The molecular weight excluding hydrogens is 598 g/mol. The minimum atomic E-state index is -0.847. The molecule has 1 saturated heterocycles. The Morgan fingerprint density at radius 2 is 1.10 bits per heavy atom. The quantitative estimate of drug-likeness (QED) is 0.0680. The molecule has 0 saturated carbocycles. The van der Waals surface area contributed by atoms with Gasteiger partial charge in [0.25, 0.3) is 5.91 Å². The summed E-state index contributed by atoms with van der Waals surface area (Å²) in [5.41, 5.74) is 0.745. The molecule has 0 spiro atoms. The van der Waals surface area contributed by atoms with E-state index >= 15 is 0 Å². The topological polar surface area (TPSA) is 86.8 Å². The summed E-state index contributed by atoms with van der Waals surface area (Å²) in [6.07, 6.45) is 28.7. The minimum Gasteiger partial charge on any atom is -0.343 e. The third-order valence-corrected chi connectivity index (χ3v) is 9.72. The van der Waals surface area contributed by atoms with E-state index in [9.17, 15) is 19.2 Å². The van der Waals surface area contributed by atoms with E-state index in [0.717, 1.165) is 36.4 Å². The number of carbonyl (C=O) groups excluding carboxylic acids is 4. The Balaban J connectivity index is 1.78. The van der Waals surface area contributed by atoms with Gasteiger partial charge in [-0.15, -0.1) is 0 Å². The van der Waals surface area contributed by atoms with Crippen molar-refractivity contribution in [2.24, 2.45) is 0 Å². The third kappa shape index (κ3) is 18.9. The molecule has 1 atom stereocenters. The number of hydrogen-bond acceptors (Lipinski definition) is 5. The van der Waals surface area contributed by atoms with Crippen LogP contribution in [-0.4, -0.2) is 59.1 Å². The van der Waals surface area contributed by atoms with Crippen molar-refractivity contribution in [2.75, 3.05) is 19.6 Å². The Morgan fingerprint density at radius 3 is 1.56 bits per heavy atom. The molecule has 0 aliphatic carbocycles. The largest absolute Gasteiger partial charge is 0.343 e. The van der Waals surface area contributed by atoms with Crippen LogP contribution in [0.25, 0.3) is 0 Å². The number of likely N-dealkylation sites (tertiary alicyclic amines) is 1. The number of piperidine rings is 1. The van der Waals surface area contributed by atoms with Crippen molar-refractivity contribution in [3.05, 3.63) is 35.9 Å². The van der Waals surface area contributed by atoms with Gasteiger partial charge in [0.1, 0.15) is 6.04 Å². The van der Waals surface area contributed by atoms with Crippen molar-refractivity contribution >= 4 is 23.6 Å². The van der Waals surface area contributed by atoms with Crippen molar-refractivity contribution < 1.29 is 19.2 Å². The Labute approximate surface area is 293 Å². The fourth-order valence-electron chi connectivity index (χ4n) is 6.74. The van der Waals surface area contributed by atoms with E-state index in [-0.39, 0.29) is 31.7 Å². The van der Waals surface area contributed by atoms with E-state index in [1.54, 1.807) is 12.1 Å². The molecule has 1 aliphatic rings. The second-order valence-corrected chi connectivity index (χ2v) is 14.1. The summed E-state index contributed by atoms with van der Waals surface area (Å²) in [5, 5.41) is 2.88. The monoisotopic (exact) mass is 668 g/mol. The predicted molar refractivity (Wildman–Crippen MR) is 198 cm³/mol. The SMILES string of the molecule is CCCCCCCCCCCCCN(CCCCCCCCCCCCC)CC(=O)NC1CCC(=O)N(C(=O)Cc2ccccc2)C1=O. The number of benzene rings is 1. The number of amides is 4. The zero-order valence-corrected chi connectivity index (χ0v) is 30.8. The molecule has 2 rings (SSSR count). The molecule has 4 amide bonds. The first-order chi connectivity index (χ1) is 23.5. The number of rotatable bonds is 29. The first-order valence-corrected chi connectivity index (χ1v) is 19.9. The van der Waals surface area contributed by atoms with Crippen LogP contribution in [0.2, 0.25) is 0 Å². The van der Waals surface area contributed by atoms with Crippen LogP contribution in [0.5, 0.6) is 0 Å². The van der Waals surface area contributed by atoms with Crippen molar-refractivity contribution in [1.29, 1.82) is 0 Å². The minimum absolute atomic E-state index is 0.0231. The normalized spacial score (nSPS) is 15.0. The molecule has 0 bridgehead atoms. The van der Waals surface area contributed by atoms with Crippen LogP contribution in [0.3, 0.4) is 0 Å². The zero-order valence-electron chi connectivity index (χ0n) is 30.8. The van der Waals surface area contributed by atoms with Gasteiger partial charge < -0.3 is 5.32 Å². The number of imide groups is 3. The molecule has 1 aromatic carbocycles. The van der Waals surface area contributed by atoms with E-state index in [1.165, 1.54) is 128 Å². The van der Waals surface area contributed by atoms with Gasteiger partial charge in [-0.3, -0.25) is 24.1 Å². The standard InChI is InChI=1S/C41H69N3O4/c1-3-5-7-9-11-13-15-17-19-21-26-32-43(33-27-22-20-18-16-14-12-10-8-6-4-2)35-38(45)42-37-30-31-39(46)44(41(37)48)40(47)34-36-28-24-23-25-29-36/h23-25,28-29,37H,3-22,26-27,30-35H2,1-2H3,(H,42,45). The maximum absolute atomic E-state index is 13.2. The van der Waals surface area contributed by atoms with Gasteiger partial charge in [0.05, 0.1) is 13.0 Å². The highest BCUT2D eigenvalue weighted by Gasteiger charge is 2.39. The lowest BCUT2D eigenvalue weighted by atomic mass is 10.0. The van der Waals surface area contributed by atoms with Gasteiger partial charge in [0, 0.05) is 6.42 Å². The highest BCUT2D eigenvalue weighted by molar-refractivity contribution is 6.14. The maximum atomic E-state index is 13.2. The molecule has 0 aromatic heterocycles. The zero-order chi connectivity index (χ0) is 34.7. The first kappa shape index (κ1) is 41.6. The molecule has 0 radical (unpaired) electrons. The Bertz CT molecular complexity index is 988. The molecule has 272 valence electrons. The molecular formula is C41H69N3O4. The summed E-state index contributed by atoms with van der Waals surface area (Å²) >= 11 is 0. The molecule has 1 heterocycles. The third-order valence-electron chi connectivity index (χ3n) is 9.72. The lowest BCUT2D eigenvalue weighted by Gasteiger charge is -2.30. The van der Waals surface area contributed by atoms with Crippen LogP contribution in [-0.2, 0) is 25.6 Å². The van der Waals surface area contributed by atoms with Gasteiger partial charge in [0.15, 0.2) is 0 Å².